The Bertz CT molecular complexity index is 1420. The molecule has 2 aromatic carbocycles. The molecule has 0 saturated carbocycles. The zero-order valence-electron chi connectivity index (χ0n) is 15.5. The lowest BCUT2D eigenvalue weighted by Gasteiger charge is -2.10. The van der Waals surface area contributed by atoms with Crippen molar-refractivity contribution in [2.45, 2.75) is 17.3 Å². The number of fused-ring (bicyclic) bond motifs is 2. The number of nitrogens with zero attached hydrogens (tertiary/aromatic N) is 3. The van der Waals surface area contributed by atoms with Gasteiger partial charge in [0, 0.05) is 23.3 Å². The average Bonchev–Trinajstić information content (AvgIpc) is 3.36. The maximum atomic E-state index is 13.1. The van der Waals surface area contributed by atoms with Gasteiger partial charge in [-0.25, -0.2) is 13.4 Å². The third-order valence-corrected chi connectivity index (χ3v) is 7.04. The predicted octanol–water partition coefficient (Wildman–Crippen LogP) is 4.04. The Kier molecular flexibility index (Phi) is 3.95. The van der Waals surface area contributed by atoms with Gasteiger partial charge < -0.3 is 4.98 Å². The van der Waals surface area contributed by atoms with Crippen LogP contribution in [-0.4, -0.2) is 33.6 Å². The molecule has 0 saturated heterocycles. The summed E-state index contributed by atoms with van der Waals surface area (Å²) in [7, 11) is -3.66. The number of aromatic nitrogens is 5. The summed E-state index contributed by atoms with van der Waals surface area (Å²) in [6.07, 6.45) is 3.41. The molecule has 3 heterocycles. The van der Waals surface area contributed by atoms with Gasteiger partial charge in [0.25, 0.3) is 0 Å². The zero-order valence-corrected chi connectivity index (χ0v) is 16.3. The van der Waals surface area contributed by atoms with Crippen molar-refractivity contribution in [3.05, 3.63) is 72.6 Å². The molecule has 0 fully saturated rings. The second kappa shape index (κ2) is 6.52. The second-order valence-corrected chi connectivity index (χ2v) is 9.05. The van der Waals surface area contributed by atoms with Crippen LogP contribution >= 0.6 is 0 Å². The highest BCUT2D eigenvalue weighted by molar-refractivity contribution is 7.91. The number of rotatable bonds is 4. The fraction of sp³-hybridized carbons (Fsp3) is 0.0952. The van der Waals surface area contributed by atoms with Crippen LogP contribution in [0.15, 0.2) is 72.1 Å². The van der Waals surface area contributed by atoms with E-state index >= 15 is 0 Å². The van der Waals surface area contributed by atoms with Crippen LogP contribution in [0, 0.1) is 0 Å². The highest BCUT2D eigenvalue weighted by Crippen LogP contribution is 2.31. The Morgan fingerprint density at radius 1 is 0.966 bits per heavy atom. The normalized spacial score (nSPS) is 13.1. The van der Waals surface area contributed by atoms with E-state index in [2.05, 4.69) is 25.1 Å². The number of pyridine rings is 1. The van der Waals surface area contributed by atoms with Crippen molar-refractivity contribution < 1.29 is 8.42 Å². The molecule has 5 rings (SSSR count). The van der Waals surface area contributed by atoms with Crippen LogP contribution in [-0.2, 0) is 9.84 Å². The van der Waals surface area contributed by atoms with Gasteiger partial charge in [-0.1, -0.05) is 30.3 Å². The van der Waals surface area contributed by atoms with E-state index in [1.54, 1.807) is 31.5 Å². The first-order valence-electron chi connectivity index (χ1n) is 9.11. The SMILES string of the molecule is CC(c1ccccc1)S(=O)(=O)c1nc2cc3c(-c4ccncc4)n[nH]c3cc2[nH]1. The van der Waals surface area contributed by atoms with Gasteiger partial charge >= 0.3 is 0 Å². The maximum absolute atomic E-state index is 13.1. The third-order valence-electron chi connectivity index (χ3n) is 5.10. The second-order valence-electron chi connectivity index (χ2n) is 6.86. The Labute approximate surface area is 166 Å². The van der Waals surface area contributed by atoms with Crippen molar-refractivity contribution in [1.82, 2.24) is 25.1 Å². The molecule has 5 aromatic rings. The number of aromatic amines is 2. The first-order valence-corrected chi connectivity index (χ1v) is 10.7. The fourth-order valence-corrected chi connectivity index (χ4v) is 4.76. The lowest BCUT2D eigenvalue weighted by molar-refractivity contribution is 0.579. The minimum absolute atomic E-state index is 0.0325. The average molecular weight is 403 g/mol. The van der Waals surface area contributed by atoms with Gasteiger partial charge in [-0.2, -0.15) is 5.10 Å². The number of H-pyrrole nitrogens is 2. The number of hydrogen-bond donors (Lipinski definition) is 2. The molecule has 0 radical (unpaired) electrons. The summed E-state index contributed by atoms with van der Waals surface area (Å²) in [5.74, 6) is 0. The summed E-state index contributed by atoms with van der Waals surface area (Å²) < 4.78 is 26.2. The Hall–Kier alpha value is -3.52. The smallest absolute Gasteiger partial charge is 0.226 e. The van der Waals surface area contributed by atoms with E-state index in [0.29, 0.717) is 11.0 Å². The molecule has 0 aliphatic rings. The van der Waals surface area contributed by atoms with Gasteiger partial charge in [-0.3, -0.25) is 10.1 Å². The summed E-state index contributed by atoms with van der Waals surface area (Å²) in [6, 6.07) is 16.6. The van der Waals surface area contributed by atoms with Gasteiger partial charge in [0.15, 0.2) is 0 Å². The van der Waals surface area contributed by atoms with Crippen molar-refractivity contribution in [1.29, 1.82) is 0 Å². The third kappa shape index (κ3) is 2.89. The Balaban J connectivity index is 1.62. The molecule has 0 aliphatic heterocycles. The standard InChI is InChI=1S/C21H17N5O2S/c1-13(14-5-3-2-4-6-14)29(27,28)21-23-18-11-16-17(12-19(18)24-21)25-26-20(16)15-7-9-22-10-8-15/h2-13H,1H3,(H,23,24)(H,25,26). The Morgan fingerprint density at radius 3 is 2.48 bits per heavy atom. The molecular weight excluding hydrogens is 386 g/mol. The minimum Gasteiger partial charge on any atom is -0.329 e. The van der Waals surface area contributed by atoms with Crippen LogP contribution in [0.25, 0.3) is 33.2 Å². The molecule has 1 atom stereocenters. The van der Waals surface area contributed by atoms with Crippen molar-refractivity contribution in [2.24, 2.45) is 0 Å². The predicted molar refractivity (Wildman–Crippen MR) is 111 cm³/mol. The van der Waals surface area contributed by atoms with Crippen LogP contribution in [0.3, 0.4) is 0 Å². The van der Waals surface area contributed by atoms with Crippen molar-refractivity contribution in [3.63, 3.8) is 0 Å². The van der Waals surface area contributed by atoms with E-state index in [-0.39, 0.29) is 5.16 Å². The molecule has 3 aromatic heterocycles. The monoisotopic (exact) mass is 403 g/mol. The summed E-state index contributed by atoms with van der Waals surface area (Å²) in [5.41, 5.74) is 4.44. The molecule has 2 N–H and O–H groups in total. The van der Waals surface area contributed by atoms with E-state index in [1.165, 1.54) is 0 Å². The van der Waals surface area contributed by atoms with E-state index in [1.807, 2.05) is 42.5 Å². The fourth-order valence-electron chi connectivity index (χ4n) is 3.43. The molecule has 0 amide bonds. The highest BCUT2D eigenvalue weighted by Gasteiger charge is 2.28. The summed E-state index contributed by atoms with van der Waals surface area (Å²) in [4.78, 5) is 11.4. The van der Waals surface area contributed by atoms with E-state index in [4.69, 9.17) is 0 Å². The van der Waals surface area contributed by atoms with Crippen LogP contribution < -0.4 is 0 Å². The molecule has 0 spiro atoms. The van der Waals surface area contributed by atoms with Gasteiger partial charge in [-0.05, 0) is 36.8 Å². The molecule has 0 aliphatic carbocycles. The van der Waals surface area contributed by atoms with Crippen molar-refractivity contribution in [2.75, 3.05) is 0 Å². The molecule has 8 heteroatoms. The maximum Gasteiger partial charge on any atom is 0.226 e. The van der Waals surface area contributed by atoms with Crippen LogP contribution in [0.4, 0.5) is 0 Å². The van der Waals surface area contributed by atoms with Gasteiger partial charge in [-0.15, -0.1) is 0 Å². The number of sulfone groups is 1. The minimum atomic E-state index is -3.66. The first-order chi connectivity index (χ1) is 14.0. The van der Waals surface area contributed by atoms with Gasteiger partial charge in [0.05, 0.1) is 21.8 Å². The zero-order chi connectivity index (χ0) is 20.0. The molecular formula is C21H17N5O2S. The highest BCUT2D eigenvalue weighted by atomic mass is 32.2. The lowest BCUT2D eigenvalue weighted by atomic mass is 10.1. The largest absolute Gasteiger partial charge is 0.329 e. The van der Waals surface area contributed by atoms with Gasteiger partial charge in [0.2, 0.25) is 15.0 Å². The Morgan fingerprint density at radius 2 is 1.72 bits per heavy atom. The lowest BCUT2D eigenvalue weighted by Crippen LogP contribution is -2.12. The topological polar surface area (TPSA) is 104 Å². The van der Waals surface area contributed by atoms with E-state index in [9.17, 15) is 8.42 Å². The number of imidazole rings is 1. The van der Waals surface area contributed by atoms with E-state index < -0.39 is 15.1 Å². The van der Waals surface area contributed by atoms with Crippen LogP contribution in [0.2, 0.25) is 0 Å². The first kappa shape index (κ1) is 17.6. The van der Waals surface area contributed by atoms with Crippen molar-refractivity contribution >= 4 is 31.8 Å². The van der Waals surface area contributed by atoms with Gasteiger partial charge in [0.1, 0.15) is 5.69 Å². The van der Waals surface area contributed by atoms with Crippen LogP contribution in [0.1, 0.15) is 17.7 Å². The molecule has 144 valence electrons. The summed E-state index contributed by atoms with van der Waals surface area (Å²) in [5, 5.41) is 7.54. The molecule has 7 nitrogen and oxygen atoms in total. The molecule has 0 bridgehead atoms. The number of nitrogens with one attached hydrogen (secondary N) is 2. The van der Waals surface area contributed by atoms with E-state index in [0.717, 1.165) is 27.7 Å². The quantitative estimate of drug-likeness (QED) is 0.471. The van der Waals surface area contributed by atoms with Crippen molar-refractivity contribution in [3.8, 4) is 11.3 Å². The number of benzene rings is 2. The summed E-state index contributed by atoms with van der Waals surface area (Å²) >= 11 is 0. The number of hydrogen-bond acceptors (Lipinski definition) is 5. The molecule has 29 heavy (non-hydrogen) atoms. The van der Waals surface area contributed by atoms with Crippen LogP contribution in [0.5, 0.6) is 0 Å². The molecule has 1 unspecified atom stereocenters. The summed E-state index contributed by atoms with van der Waals surface area (Å²) in [6.45, 7) is 1.67.